The molecule has 0 spiro atoms. The molecule has 1 aromatic heterocycles. The highest BCUT2D eigenvalue weighted by Crippen LogP contribution is 2.10. The lowest BCUT2D eigenvalue weighted by atomic mass is 10.1. The Hall–Kier alpha value is -2.42. The number of hydrogen-bond donors (Lipinski definition) is 1. The van der Waals surface area contributed by atoms with Crippen LogP contribution in [0.2, 0.25) is 0 Å². The molecule has 2 rings (SSSR count). The van der Waals surface area contributed by atoms with E-state index in [-0.39, 0.29) is 11.9 Å². The van der Waals surface area contributed by atoms with Crippen LogP contribution in [0.3, 0.4) is 0 Å². The second-order valence-electron chi connectivity index (χ2n) is 4.25. The van der Waals surface area contributed by atoms with Crippen molar-refractivity contribution in [3.8, 4) is 0 Å². The highest BCUT2D eigenvalue weighted by molar-refractivity contribution is 5.91. The minimum absolute atomic E-state index is 0.00390. The third kappa shape index (κ3) is 4.07. The fourth-order valence-electron chi connectivity index (χ4n) is 1.73. The van der Waals surface area contributed by atoms with Crippen LogP contribution in [0.25, 0.3) is 6.08 Å². The van der Waals surface area contributed by atoms with Crippen LogP contribution in [0, 0.1) is 0 Å². The standard InChI is InChI=1S/C16H16N2O/c1-13(15-5-3-2-4-6-15)18-16(19)8-7-14-9-11-17-12-10-14/h2-13H,1H3,(H,18,19). The number of aromatic nitrogens is 1. The van der Waals surface area contributed by atoms with Crippen LogP contribution >= 0.6 is 0 Å². The zero-order valence-corrected chi connectivity index (χ0v) is 10.8. The summed E-state index contributed by atoms with van der Waals surface area (Å²) in [6.07, 6.45) is 6.71. The monoisotopic (exact) mass is 252 g/mol. The normalized spacial score (nSPS) is 12.3. The average molecular weight is 252 g/mol. The quantitative estimate of drug-likeness (QED) is 0.850. The van der Waals surface area contributed by atoms with Gasteiger partial charge in [-0.2, -0.15) is 0 Å². The lowest BCUT2D eigenvalue weighted by molar-refractivity contribution is -0.117. The van der Waals surface area contributed by atoms with E-state index in [1.807, 2.05) is 49.4 Å². The lowest BCUT2D eigenvalue weighted by Gasteiger charge is -2.12. The molecule has 96 valence electrons. The number of rotatable bonds is 4. The van der Waals surface area contributed by atoms with Crippen molar-refractivity contribution in [3.05, 3.63) is 72.1 Å². The first-order valence-electron chi connectivity index (χ1n) is 6.19. The molecule has 0 saturated heterocycles. The van der Waals surface area contributed by atoms with E-state index in [9.17, 15) is 4.79 Å². The number of hydrogen-bond acceptors (Lipinski definition) is 2. The molecule has 19 heavy (non-hydrogen) atoms. The molecule has 0 radical (unpaired) electrons. The van der Waals surface area contributed by atoms with Crippen LogP contribution in [-0.2, 0) is 4.79 Å². The SMILES string of the molecule is CC(NC(=O)C=Cc1ccncc1)c1ccccc1. The van der Waals surface area contributed by atoms with E-state index in [1.54, 1.807) is 18.5 Å². The molecule has 1 unspecified atom stereocenters. The summed E-state index contributed by atoms with van der Waals surface area (Å²) in [7, 11) is 0. The third-order valence-electron chi connectivity index (χ3n) is 2.79. The van der Waals surface area contributed by atoms with Gasteiger partial charge in [-0.1, -0.05) is 30.3 Å². The molecule has 1 atom stereocenters. The fraction of sp³-hybridized carbons (Fsp3) is 0.125. The highest BCUT2D eigenvalue weighted by Gasteiger charge is 2.06. The van der Waals surface area contributed by atoms with Crippen LogP contribution in [0.1, 0.15) is 24.1 Å². The van der Waals surface area contributed by atoms with E-state index in [2.05, 4.69) is 10.3 Å². The third-order valence-corrected chi connectivity index (χ3v) is 2.79. The van der Waals surface area contributed by atoms with Crippen molar-refractivity contribution < 1.29 is 4.79 Å². The van der Waals surface area contributed by atoms with E-state index in [0.717, 1.165) is 11.1 Å². The molecule has 3 nitrogen and oxygen atoms in total. The number of nitrogens with one attached hydrogen (secondary N) is 1. The van der Waals surface area contributed by atoms with Gasteiger partial charge in [-0.05, 0) is 36.3 Å². The number of pyridine rings is 1. The summed E-state index contributed by atoms with van der Waals surface area (Å²) in [5.41, 5.74) is 2.05. The predicted octanol–water partition coefficient (Wildman–Crippen LogP) is 2.97. The fourth-order valence-corrected chi connectivity index (χ4v) is 1.73. The van der Waals surface area contributed by atoms with Crippen molar-refractivity contribution in [3.63, 3.8) is 0 Å². The van der Waals surface area contributed by atoms with Gasteiger partial charge in [0.1, 0.15) is 0 Å². The van der Waals surface area contributed by atoms with Gasteiger partial charge in [0.25, 0.3) is 0 Å². The Morgan fingerprint density at radius 2 is 1.84 bits per heavy atom. The molecule has 1 amide bonds. The summed E-state index contributed by atoms with van der Waals surface area (Å²) in [6, 6.07) is 13.6. The summed E-state index contributed by atoms with van der Waals surface area (Å²) in [5, 5.41) is 2.93. The molecule has 0 aliphatic carbocycles. The van der Waals surface area contributed by atoms with E-state index in [1.165, 1.54) is 6.08 Å². The van der Waals surface area contributed by atoms with Gasteiger partial charge in [-0.25, -0.2) is 0 Å². The smallest absolute Gasteiger partial charge is 0.244 e. The summed E-state index contributed by atoms with van der Waals surface area (Å²) in [6.45, 7) is 1.97. The molecule has 1 N–H and O–H groups in total. The van der Waals surface area contributed by atoms with Crippen LogP contribution < -0.4 is 5.32 Å². The number of benzene rings is 1. The first-order chi connectivity index (χ1) is 9.25. The first kappa shape index (κ1) is 13.0. The van der Waals surface area contributed by atoms with Gasteiger partial charge in [-0.15, -0.1) is 0 Å². The van der Waals surface area contributed by atoms with E-state index < -0.39 is 0 Å². The van der Waals surface area contributed by atoms with Gasteiger partial charge in [0.2, 0.25) is 5.91 Å². The molecule has 3 heteroatoms. The van der Waals surface area contributed by atoms with Crippen LogP contribution in [0.15, 0.2) is 60.9 Å². The molecule has 0 bridgehead atoms. The minimum Gasteiger partial charge on any atom is -0.346 e. The molecule has 0 saturated carbocycles. The van der Waals surface area contributed by atoms with E-state index in [0.29, 0.717) is 0 Å². The Bertz CT molecular complexity index is 549. The number of amides is 1. The summed E-state index contributed by atoms with van der Waals surface area (Å²) < 4.78 is 0. The maximum atomic E-state index is 11.8. The predicted molar refractivity (Wildman–Crippen MR) is 76.3 cm³/mol. The van der Waals surface area contributed by atoms with Crippen LogP contribution in [-0.4, -0.2) is 10.9 Å². The molecule has 0 fully saturated rings. The molecule has 1 heterocycles. The molecule has 1 aromatic carbocycles. The maximum absolute atomic E-state index is 11.8. The van der Waals surface area contributed by atoms with Crippen LogP contribution in [0.4, 0.5) is 0 Å². The highest BCUT2D eigenvalue weighted by atomic mass is 16.1. The van der Waals surface area contributed by atoms with Crippen molar-refractivity contribution in [2.24, 2.45) is 0 Å². The Kier molecular flexibility index (Phi) is 4.45. The van der Waals surface area contributed by atoms with Gasteiger partial charge in [0.15, 0.2) is 0 Å². The maximum Gasteiger partial charge on any atom is 0.244 e. The van der Waals surface area contributed by atoms with E-state index in [4.69, 9.17) is 0 Å². The van der Waals surface area contributed by atoms with Crippen molar-refractivity contribution in [2.75, 3.05) is 0 Å². The number of nitrogens with zero attached hydrogens (tertiary/aromatic N) is 1. The minimum atomic E-state index is -0.104. The zero-order chi connectivity index (χ0) is 13.5. The summed E-state index contributed by atoms with van der Waals surface area (Å²) in [5.74, 6) is -0.104. The van der Waals surface area contributed by atoms with Gasteiger partial charge in [-0.3, -0.25) is 9.78 Å². The topological polar surface area (TPSA) is 42.0 Å². The first-order valence-corrected chi connectivity index (χ1v) is 6.19. The molecule has 0 aliphatic rings. The van der Waals surface area contributed by atoms with Crippen molar-refractivity contribution in [1.29, 1.82) is 0 Å². The van der Waals surface area contributed by atoms with Crippen molar-refractivity contribution in [2.45, 2.75) is 13.0 Å². The Morgan fingerprint density at radius 1 is 1.16 bits per heavy atom. The number of carbonyl (C=O) groups is 1. The average Bonchev–Trinajstić information content (AvgIpc) is 2.47. The number of carbonyl (C=O) groups excluding carboxylic acids is 1. The molecular weight excluding hydrogens is 236 g/mol. The molecule has 2 aromatic rings. The second kappa shape index (κ2) is 6.50. The zero-order valence-electron chi connectivity index (χ0n) is 10.8. The van der Waals surface area contributed by atoms with Crippen molar-refractivity contribution in [1.82, 2.24) is 10.3 Å². The van der Waals surface area contributed by atoms with E-state index >= 15 is 0 Å². The van der Waals surface area contributed by atoms with Gasteiger partial charge < -0.3 is 5.32 Å². The van der Waals surface area contributed by atoms with Crippen molar-refractivity contribution >= 4 is 12.0 Å². The van der Waals surface area contributed by atoms with Gasteiger partial charge >= 0.3 is 0 Å². The molecule has 0 aliphatic heterocycles. The summed E-state index contributed by atoms with van der Waals surface area (Å²) in [4.78, 5) is 15.7. The Balaban J connectivity index is 1.93. The Morgan fingerprint density at radius 3 is 2.53 bits per heavy atom. The molecular formula is C16H16N2O. The Labute approximate surface area is 113 Å². The largest absolute Gasteiger partial charge is 0.346 e. The second-order valence-corrected chi connectivity index (χ2v) is 4.25. The van der Waals surface area contributed by atoms with Crippen LogP contribution in [0.5, 0.6) is 0 Å². The van der Waals surface area contributed by atoms with Gasteiger partial charge in [0.05, 0.1) is 6.04 Å². The summed E-state index contributed by atoms with van der Waals surface area (Å²) >= 11 is 0. The lowest BCUT2D eigenvalue weighted by Crippen LogP contribution is -2.24. The van der Waals surface area contributed by atoms with Gasteiger partial charge in [0, 0.05) is 18.5 Å².